The molecule has 0 N–H and O–H groups in total. The highest BCUT2D eigenvalue weighted by Crippen LogP contribution is 2.22. The second-order valence-corrected chi connectivity index (χ2v) is 6.10. The van der Waals surface area contributed by atoms with Gasteiger partial charge in [-0.3, -0.25) is 9.88 Å². The number of aromatic nitrogens is 1. The number of anilines is 1. The van der Waals surface area contributed by atoms with E-state index in [-0.39, 0.29) is 6.03 Å². The molecule has 3 rings (SSSR count). The molecule has 0 atom stereocenters. The quantitative estimate of drug-likeness (QED) is 0.871. The third-order valence-corrected chi connectivity index (χ3v) is 4.38. The zero-order valence-corrected chi connectivity index (χ0v) is 14.2. The minimum absolute atomic E-state index is 0.0189. The van der Waals surface area contributed by atoms with Crippen LogP contribution in [0.3, 0.4) is 0 Å². The number of hydrogen-bond acceptors (Lipinski definition) is 3. The van der Waals surface area contributed by atoms with E-state index in [9.17, 15) is 4.79 Å². The van der Waals surface area contributed by atoms with E-state index in [2.05, 4.69) is 31.0 Å². The molecule has 1 aromatic carbocycles. The fourth-order valence-corrected chi connectivity index (χ4v) is 2.76. The Balaban J connectivity index is 1.90. The molecule has 5 nitrogen and oxygen atoms in total. The van der Waals surface area contributed by atoms with Crippen molar-refractivity contribution in [2.45, 2.75) is 20.4 Å². The summed E-state index contributed by atoms with van der Waals surface area (Å²) in [6.07, 6.45) is 3.55. The van der Waals surface area contributed by atoms with Gasteiger partial charge in [0.15, 0.2) is 0 Å². The minimum Gasteiger partial charge on any atom is -0.378 e. The summed E-state index contributed by atoms with van der Waals surface area (Å²) in [6.45, 7) is 7.11. The Morgan fingerprint density at radius 2 is 2.00 bits per heavy atom. The molecule has 1 aromatic heterocycles. The number of urea groups is 1. The van der Waals surface area contributed by atoms with Crippen LogP contribution in [0.2, 0.25) is 0 Å². The number of carbonyl (C=O) groups excluding carboxylic acids is 1. The topological polar surface area (TPSA) is 45.7 Å². The van der Waals surface area contributed by atoms with Crippen LogP contribution in [0.5, 0.6) is 0 Å². The van der Waals surface area contributed by atoms with Crippen LogP contribution in [0.25, 0.3) is 0 Å². The van der Waals surface area contributed by atoms with Crippen molar-refractivity contribution in [2.75, 3.05) is 31.2 Å². The zero-order valence-electron chi connectivity index (χ0n) is 14.2. The van der Waals surface area contributed by atoms with Gasteiger partial charge in [-0.15, -0.1) is 0 Å². The summed E-state index contributed by atoms with van der Waals surface area (Å²) in [5.74, 6) is 0. The van der Waals surface area contributed by atoms with E-state index in [1.165, 1.54) is 11.1 Å². The molecule has 126 valence electrons. The lowest BCUT2D eigenvalue weighted by Gasteiger charge is -2.33. The highest BCUT2D eigenvalue weighted by Gasteiger charge is 2.24. The Morgan fingerprint density at radius 3 is 2.67 bits per heavy atom. The van der Waals surface area contributed by atoms with Crippen LogP contribution < -0.4 is 4.90 Å². The lowest BCUT2D eigenvalue weighted by Crippen LogP contribution is -2.48. The van der Waals surface area contributed by atoms with Gasteiger partial charge in [-0.1, -0.05) is 12.1 Å². The van der Waals surface area contributed by atoms with E-state index in [4.69, 9.17) is 4.74 Å². The number of ether oxygens (including phenoxy) is 1. The molecule has 2 amide bonds. The molecule has 0 aliphatic carbocycles. The van der Waals surface area contributed by atoms with Crippen molar-refractivity contribution in [3.63, 3.8) is 0 Å². The van der Waals surface area contributed by atoms with E-state index in [0.29, 0.717) is 32.8 Å². The molecular weight excluding hydrogens is 302 g/mol. The highest BCUT2D eigenvalue weighted by molar-refractivity contribution is 5.92. The van der Waals surface area contributed by atoms with Gasteiger partial charge >= 0.3 is 6.03 Å². The average molecular weight is 325 g/mol. The van der Waals surface area contributed by atoms with Crippen LogP contribution in [0.4, 0.5) is 10.5 Å². The first kappa shape index (κ1) is 16.5. The molecule has 0 spiro atoms. The second-order valence-electron chi connectivity index (χ2n) is 6.10. The van der Waals surface area contributed by atoms with Crippen molar-refractivity contribution in [2.24, 2.45) is 0 Å². The summed E-state index contributed by atoms with van der Waals surface area (Å²) in [4.78, 5) is 20.9. The van der Waals surface area contributed by atoms with Gasteiger partial charge in [-0.05, 0) is 48.7 Å². The first-order valence-corrected chi connectivity index (χ1v) is 8.25. The Morgan fingerprint density at radius 1 is 1.21 bits per heavy atom. The number of pyridine rings is 1. The van der Waals surface area contributed by atoms with Gasteiger partial charge in [0, 0.05) is 31.2 Å². The van der Waals surface area contributed by atoms with E-state index < -0.39 is 0 Å². The van der Waals surface area contributed by atoms with E-state index in [1.54, 1.807) is 12.4 Å². The number of aryl methyl sites for hydroxylation is 2. The summed E-state index contributed by atoms with van der Waals surface area (Å²) in [5, 5.41) is 0. The lowest BCUT2D eigenvalue weighted by atomic mass is 10.1. The molecule has 24 heavy (non-hydrogen) atoms. The molecular formula is C19H23N3O2. The molecule has 0 unspecified atom stereocenters. The number of rotatable bonds is 3. The Kier molecular flexibility index (Phi) is 5.11. The number of carbonyl (C=O) groups is 1. The Labute approximate surface area is 142 Å². The van der Waals surface area contributed by atoms with E-state index in [1.807, 2.05) is 28.0 Å². The third-order valence-electron chi connectivity index (χ3n) is 4.38. The molecule has 2 aromatic rings. The van der Waals surface area contributed by atoms with Crippen molar-refractivity contribution in [3.8, 4) is 0 Å². The van der Waals surface area contributed by atoms with Crippen LogP contribution in [-0.2, 0) is 11.3 Å². The van der Waals surface area contributed by atoms with Crippen molar-refractivity contribution in [3.05, 3.63) is 59.4 Å². The van der Waals surface area contributed by atoms with Crippen molar-refractivity contribution < 1.29 is 9.53 Å². The zero-order chi connectivity index (χ0) is 16.9. The van der Waals surface area contributed by atoms with Crippen molar-refractivity contribution >= 4 is 11.7 Å². The molecule has 1 aliphatic heterocycles. The monoisotopic (exact) mass is 325 g/mol. The maximum Gasteiger partial charge on any atom is 0.324 e. The van der Waals surface area contributed by atoms with Crippen LogP contribution in [0.1, 0.15) is 16.7 Å². The summed E-state index contributed by atoms with van der Waals surface area (Å²) >= 11 is 0. The maximum absolute atomic E-state index is 13.1. The number of benzene rings is 1. The smallest absolute Gasteiger partial charge is 0.324 e. The van der Waals surface area contributed by atoms with Crippen molar-refractivity contribution in [1.82, 2.24) is 9.88 Å². The molecule has 1 aliphatic rings. The molecule has 2 heterocycles. The van der Waals surface area contributed by atoms with Gasteiger partial charge < -0.3 is 9.64 Å². The van der Waals surface area contributed by atoms with Gasteiger partial charge in [0.05, 0.1) is 19.8 Å². The van der Waals surface area contributed by atoms with Crippen LogP contribution in [0.15, 0.2) is 42.7 Å². The predicted molar refractivity (Wildman–Crippen MR) is 94.1 cm³/mol. The first-order chi connectivity index (χ1) is 11.6. The normalized spacial score (nSPS) is 14.5. The fourth-order valence-electron chi connectivity index (χ4n) is 2.76. The first-order valence-electron chi connectivity index (χ1n) is 8.25. The largest absolute Gasteiger partial charge is 0.378 e. The predicted octanol–water partition coefficient (Wildman–Crippen LogP) is 3.16. The summed E-state index contributed by atoms with van der Waals surface area (Å²) in [7, 11) is 0. The SMILES string of the molecule is Cc1ccc(N(Cc2cccnc2)C(=O)N2CCOCC2)cc1C. The minimum atomic E-state index is 0.0189. The maximum atomic E-state index is 13.1. The molecule has 1 saturated heterocycles. The average Bonchev–Trinajstić information content (AvgIpc) is 2.63. The molecule has 0 radical (unpaired) electrons. The van der Waals surface area contributed by atoms with Gasteiger partial charge in [0.2, 0.25) is 0 Å². The number of nitrogens with zero attached hydrogens (tertiary/aromatic N) is 3. The summed E-state index contributed by atoms with van der Waals surface area (Å²) in [5.41, 5.74) is 4.33. The second kappa shape index (κ2) is 7.45. The number of hydrogen-bond donors (Lipinski definition) is 0. The number of morpholine rings is 1. The van der Waals surface area contributed by atoms with Gasteiger partial charge in [0.1, 0.15) is 0 Å². The third kappa shape index (κ3) is 3.74. The number of amides is 2. The molecule has 0 saturated carbocycles. The van der Waals surface area contributed by atoms with Gasteiger partial charge in [0.25, 0.3) is 0 Å². The van der Waals surface area contributed by atoms with Crippen LogP contribution in [0, 0.1) is 13.8 Å². The molecule has 0 bridgehead atoms. The Hall–Kier alpha value is -2.40. The van der Waals surface area contributed by atoms with Crippen LogP contribution in [-0.4, -0.2) is 42.2 Å². The highest BCUT2D eigenvalue weighted by atomic mass is 16.5. The van der Waals surface area contributed by atoms with Gasteiger partial charge in [-0.2, -0.15) is 0 Å². The standard InChI is InChI=1S/C19H23N3O2/c1-15-5-6-18(12-16(15)2)22(14-17-4-3-7-20-13-17)19(23)21-8-10-24-11-9-21/h3-7,12-13H,8-11,14H2,1-2H3. The summed E-state index contributed by atoms with van der Waals surface area (Å²) in [6, 6.07) is 10.1. The van der Waals surface area contributed by atoms with E-state index >= 15 is 0 Å². The lowest BCUT2D eigenvalue weighted by molar-refractivity contribution is 0.0548. The fraction of sp³-hybridized carbons (Fsp3) is 0.368. The van der Waals surface area contributed by atoms with Crippen LogP contribution >= 0.6 is 0 Å². The summed E-state index contributed by atoms with van der Waals surface area (Å²) < 4.78 is 5.37. The van der Waals surface area contributed by atoms with Crippen molar-refractivity contribution in [1.29, 1.82) is 0 Å². The van der Waals surface area contributed by atoms with Gasteiger partial charge in [-0.25, -0.2) is 4.79 Å². The van der Waals surface area contributed by atoms with E-state index in [0.717, 1.165) is 11.3 Å². The molecule has 1 fully saturated rings. The Bertz CT molecular complexity index is 697. The molecule has 5 heteroatoms.